The molecular weight excluding hydrogens is 366 g/mol. The minimum absolute atomic E-state index is 0.132. The molecule has 0 spiro atoms. The van der Waals surface area contributed by atoms with Crippen molar-refractivity contribution in [3.63, 3.8) is 0 Å². The molecule has 0 radical (unpaired) electrons. The second-order valence-electron chi connectivity index (χ2n) is 7.00. The molecular formula is C23H25N3O3. The molecule has 1 amide bonds. The number of carbonyl (C=O) groups excluding carboxylic acids is 1. The Morgan fingerprint density at radius 3 is 2.76 bits per heavy atom. The van der Waals surface area contributed by atoms with E-state index in [1.807, 2.05) is 29.8 Å². The van der Waals surface area contributed by atoms with Crippen LogP contribution in [0.3, 0.4) is 0 Å². The number of aromatic nitrogens is 2. The van der Waals surface area contributed by atoms with Crippen molar-refractivity contribution in [3.8, 4) is 5.75 Å². The van der Waals surface area contributed by atoms with Crippen LogP contribution in [0.1, 0.15) is 40.2 Å². The molecule has 0 bridgehead atoms. The molecule has 0 saturated heterocycles. The Balaban J connectivity index is 1.39. The van der Waals surface area contributed by atoms with E-state index in [4.69, 9.17) is 14.6 Å². The van der Waals surface area contributed by atoms with Gasteiger partial charge in [-0.2, -0.15) is 5.10 Å². The SMILES string of the molecule is CCOc1ccc(C(=O)NCC2OCCc3cn(Cc4ccccc4)nc32)cc1. The van der Waals surface area contributed by atoms with Gasteiger partial charge in [-0.15, -0.1) is 0 Å². The normalized spacial score (nSPS) is 15.6. The Labute approximate surface area is 170 Å². The van der Waals surface area contributed by atoms with Gasteiger partial charge < -0.3 is 14.8 Å². The van der Waals surface area contributed by atoms with E-state index in [2.05, 4.69) is 23.6 Å². The number of nitrogens with one attached hydrogen (secondary N) is 1. The zero-order valence-electron chi connectivity index (χ0n) is 16.5. The Morgan fingerprint density at radius 1 is 1.21 bits per heavy atom. The molecule has 0 fully saturated rings. The number of amides is 1. The molecule has 0 aliphatic carbocycles. The van der Waals surface area contributed by atoms with Gasteiger partial charge in [-0.1, -0.05) is 30.3 Å². The third-order valence-corrected chi connectivity index (χ3v) is 4.93. The van der Waals surface area contributed by atoms with Crippen molar-refractivity contribution in [2.75, 3.05) is 19.8 Å². The van der Waals surface area contributed by atoms with E-state index in [1.54, 1.807) is 24.3 Å². The van der Waals surface area contributed by atoms with Gasteiger partial charge in [0.25, 0.3) is 5.91 Å². The van der Waals surface area contributed by atoms with Gasteiger partial charge in [-0.05, 0) is 48.7 Å². The lowest BCUT2D eigenvalue weighted by Gasteiger charge is -2.22. The van der Waals surface area contributed by atoms with Crippen molar-refractivity contribution in [2.45, 2.75) is 26.0 Å². The Hall–Kier alpha value is -3.12. The van der Waals surface area contributed by atoms with Crippen LogP contribution in [0.15, 0.2) is 60.8 Å². The summed E-state index contributed by atoms with van der Waals surface area (Å²) >= 11 is 0. The molecule has 2 aromatic carbocycles. The summed E-state index contributed by atoms with van der Waals surface area (Å²) in [6.45, 7) is 4.28. The van der Waals surface area contributed by atoms with E-state index in [0.29, 0.717) is 25.3 Å². The molecule has 4 rings (SSSR count). The maximum Gasteiger partial charge on any atom is 0.251 e. The van der Waals surface area contributed by atoms with Crippen molar-refractivity contribution < 1.29 is 14.3 Å². The third-order valence-electron chi connectivity index (χ3n) is 4.93. The molecule has 6 nitrogen and oxygen atoms in total. The van der Waals surface area contributed by atoms with Crippen molar-refractivity contribution >= 4 is 5.91 Å². The predicted molar refractivity (Wildman–Crippen MR) is 110 cm³/mol. The van der Waals surface area contributed by atoms with Crippen molar-refractivity contribution in [3.05, 3.63) is 83.2 Å². The van der Waals surface area contributed by atoms with E-state index in [1.165, 1.54) is 11.1 Å². The fourth-order valence-electron chi connectivity index (χ4n) is 3.50. The summed E-state index contributed by atoms with van der Waals surface area (Å²) in [6, 6.07) is 17.4. The minimum atomic E-state index is -0.234. The molecule has 1 aromatic heterocycles. The highest BCUT2D eigenvalue weighted by molar-refractivity contribution is 5.94. The summed E-state index contributed by atoms with van der Waals surface area (Å²) in [6.07, 6.45) is 2.70. The highest BCUT2D eigenvalue weighted by atomic mass is 16.5. The highest BCUT2D eigenvalue weighted by Gasteiger charge is 2.25. The van der Waals surface area contributed by atoms with E-state index >= 15 is 0 Å². The van der Waals surface area contributed by atoms with Gasteiger partial charge in [-0.25, -0.2) is 0 Å². The van der Waals surface area contributed by atoms with Crippen LogP contribution >= 0.6 is 0 Å². The third kappa shape index (κ3) is 4.66. The average molecular weight is 391 g/mol. The van der Waals surface area contributed by atoms with Crippen LogP contribution in [0.2, 0.25) is 0 Å². The maximum absolute atomic E-state index is 12.5. The lowest BCUT2D eigenvalue weighted by Crippen LogP contribution is -2.31. The summed E-state index contributed by atoms with van der Waals surface area (Å²) in [5.41, 5.74) is 3.90. The zero-order valence-corrected chi connectivity index (χ0v) is 16.5. The Morgan fingerprint density at radius 2 is 2.00 bits per heavy atom. The Kier molecular flexibility index (Phi) is 5.91. The van der Waals surface area contributed by atoms with Crippen LogP contribution < -0.4 is 10.1 Å². The van der Waals surface area contributed by atoms with E-state index in [0.717, 1.165) is 24.4 Å². The number of rotatable bonds is 7. The first-order valence-electron chi connectivity index (χ1n) is 9.95. The molecule has 6 heteroatoms. The van der Waals surface area contributed by atoms with E-state index < -0.39 is 0 Å². The van der Waals surface area contributed by atoms with E-state index in [9.17, 15) is 4.79 Å². The highest BCUT2D eigenvalue weighted by Crippen LogP contribution is 2.25. The number of carbonyl (C=O) groups is 1. The second-order valence-corrected chi connectivity index (χ2v) is 7.00. The van der Waals surface area contributed by atoms with Gasteiger partial charge in [0.05, 0.1) is 25.5 Å². The van der Waals surface area contributed by atoms with Gasteiger partial charge in [-0.3, -0.25) is 9.48 Å². The van der Waals surface area contributed by atoms with Gasteiger partial charge in [0.1, 0.15) is 11.9 Å². The quantitative estimate of drug-likeness (QED) is 0.671. The number of hydrogen-bond donors (Lipinski definition) is 1. The van der Waals surface area contributed by atoms with Gasteiger partial charge in [0.15, 0.2) is 0 Å². The lowest BCUT2D eigenvalue weighted by molar-refractivity contribution is 0.0383. The van der Waals surface area contributed by atoms with Crippen molar-refractivity contribution in [1.29, 1.82) is 0 Å². The van der Waals surface area contributed by atoms with Crippen LogP contribution in [-0.4, -0.2) is 35.4 Å². The fourth-order valence-corrected chi connectivity index (χ4v) is 3.50. The molecule has 29 heavy (non-hydrogen) atoms. The molecule has 2 heterocycles. The molecule has 1 aliphatic rings. The summed E-state index contributed by atoms with van der Waals surface area (Å²) in [4.78, 5) is 12.5. The topological polar surface area (TPSA) is 65.4 Å². The predicted octanol–water partition coefficient (Wildman–Crippen LogP) is 3.37. The number of benzene rings is 2. The largest absolute Gasteiger partial charge is 0.494 e. The molecule has 1 aliphatic heterocycles. The maximum atomic E-state index is 12.5. The number of ether oxygens (including phenoxy) is 2. The van der Waals surface area contributed by atoms with Crippen LogP contribution in [0.5, 0.6) is 5.75 Å². The van der Waals surface area contributed by atoms with Gasteiger partial charge in [0, 0.05) is 18.3 Å². The standard InChI is InChI=1S/C23H25N3O3/c1-2-28-20-10-8-18(9-11-20)23(27)24-14-21-22-19(12-13-29-21)16-26(25-22)15-17-6-4-3-5-7-17/h3-11,16,21H,2,12-15H2,1H3,(H,24,27). The molecule has 0 saturated carbocycles. The van der Waals surface area contributed by atoms with Crippen molar-refractivity contribution in [1.82, 2.24) is 15.1 Å². The summed E-state index contributed by atoms with van der Waals surface area (Å²) in [7, 11) is 0. The summed E-state index contributed by atoms with van der Waals surface area (Å²) in [5, 5.41) is 7.70. The monoisotopic (exact) mass is 391 g/mol. The summed E-state index contributed by atoms with van der Waals surface area (Å²) < 4.78 is 13.3. The first kappa shape index (κ1) is 19.2. The summed E-state index contributed by atoms with van der Waals surface area (Å²) in [5.74, 6) is 0.626. The van der Waals surface area contributed by atoms with Crippen LogP contribution in [0.25, 0.3) is 0 Å². The molecule has 1 atom stereocenters. The van der Waals surface area contributed by atoms with Gasteiger partial charge >= 0.3 is 0 Å². The average Bonchev–Trinajstić information content (AvgIpc) is 3.16. The number of nitrogens with zero attached hydrogens (tertiary/aromatic N) is 2. The van der Waals surface area contributed by atoms with Crippen molar-refractivity contribution in [2.24, 2.45) is 0 Å². The first-order chi connectivity index (χ1) is 14.2. The fraction of sp³-hybridized carbons (Fsp3) is 0.304. The molecule has 1 unspecified atom stereocenters. The van der Waals surface area contributed by atoms with Crippen LogP contribution in [0, 0.1) is 0 Å². The molecule has 1 N–H and O–H groups in total. The smallest absolute Gasteiger partial charge is 0.251 e. The minimum Gasteiger partial charge on any atom is -0.494 e. The first-order valence-corrected chi connectivity index (χ1v) is 9.95. The second kappa shape index (κ2) is 8.92. The Bertz CT molecular complexity index is 951. The van der Waals surface area contributed by atoms with Crippen LogP contribution in [0.4, 0.5) is 0 Å². The zero-order chi connectivity index (χ0) is 20.1. The van der Waals surface area contributed by atoms with Gasteiger partial charge in [0.2, 0.25) is 0 Å². The van der Waals surface area contributed by atoms with Crippen LogP contribution in [-0.2, 0) is 17.7 Å². The molecule has 150 valence electrons. The molecule has 3 aromatic rings. The number of hydrogen-bond acceptors (Lipinski definition) is 4. The van der Waals surface area contributed by atoms with E-state index in [-0.39, 0.29) is 12.0 Å². The lowest BCUT2D eigenvalue weighted by atomic mass is 10.1. The number of fused-ring (bicyclic) bond motifs is 1.